The third-order valence-corrected chi connectivity index (χ3v) is 4.19. The second kappa shape index (κ2) is 5.65. The van der Waals surface area contributed by atoms with Gasteiger partial charge in [0.05, 0.1) is 6.42 Å². The van der Waals surface area contributed by atoms with E-state index in [9.17, 15) is 14.7 Å². The van der Waals surface area contributed by atoms with Gasteiger partial charge in [-0.2, -0.15) is 0 Å². The van der Waals surface area contributed by atoms with Crippen LogP contribution in [0.25, 0.3) is 0 Å². The number of carboxylic acids is 1. The van der Waals surface area contributed by atoms with Crippen molar-refractivity contribution in [1.82, 2.24) is 4.90 Å². The van der Waals surface area contributed by atoms with Crippen LogP contribution in [0, 0.1) is 0 Å². The normalized spacial score (nSPS) is 22.0. The maximum atomic E-state index is 12.4. The molecule has 0 spiro atoms. The van der Waals surface area contributed by atoms with E-state index in [2.05, 4.69) is 6.92 Å². The molecule has 1 aliphatic heterocycles. The molecule has 0 aromatic heterocycles. The molecule has 1 saturated heterocycles. The van der Waals surface area contributed by atoms with Crippen LogP contribution in [0.15, 0.2) is 24.3 Å². The van der Waals surface area contributed by atoms with Gasteiger partial charge in [-0.1, -0.05) is 31.2 Å². The maximum absolute atomic E-state index is 12.4. The van der Waals surface area contributed by atoms with Crippen LogP contribution in [-0.2, 0) is 22.4 Å². The molecule has 1 aromatic carbocycles. The lowest BCUT2D eigenvalue weighted by Crippen LogP contribution is -2.51. The molecule has 1 aliphatic rings. The van der Waals surface area contributed by atoms with Gasteiger partial charge in [0.1, 0.15) is 5.54 Å². The van der Waals surface area contributed by atoms with E-state index < -0.39 is 11.5 Å². The number of likely N-dealkylation sites (tertiary alicyclic amines) is 1. The molecule has 20 heavy (non-hydrogen) atoms. The molecule has 2 rings (SSSR count). The van der Waals surface area contributed by atoms with Crippen molar-refractivity contribution < 1.29 is 14.7 Å². The molecule has 4 heteroatoms. The highest BCUT2D eigenvalue weighted by Gasteiger charge is 2.45. The van der Waals surface area contributed by atoms with Gasteiger partial charge in [0, 0.05) is 6.54 Å². The molecule has 0 saturated carbocycles. The number of aliphatic carboxylic acids is 1. The number of carboxylic acid groups (broad SMARTS) is 1. The summed E-state index contributed by atoms with van der Waals surface area (Å²) >= 11 is 0. The highest BCUT2D eigenvalue weighted by atomic mass is 16.4. The largest absolute Gasteiger partial charge is 0.480 e. The number of hydrogen-bond acceptors (Lipinski definition) is 2. The summed E-state index contributed by atoms with van der Waals surface area (Å²) in [6, 6.07) is 7.93. The minimum Gasteiger partial charge on any atom is -0.480 e. The highest BCUT2D eigenvalue weighted by molar-refractivity contribution is 5.88. The quantitative estimate of drug-likeness (QED) is 0.917. The number of hydrogen-bond donors (Lipinski definition) is 1. The topological polar surface area (TPSA) is 57.6 Å². The van der Waals surface area contributed by atoms with Crippen molar-refractivity contribution in [2.45, 2.75) is 45.1 Å². The molecule has 1 atom stereocenters. The van der Waals surface area contributed by atoms with Gasteiger partial charge < -0.3 is 10.0 Å². The lowest BCUT2D eigenvalue weighted by molar-refractivity contribution is -0.155. The lowest BCUT2D eigenvalue weighted by atomic mass is 9.98. The van der Waals surface area contributed by atoms with Crippen LogP contribution in [0.5, 0.6) is 0 Å². The first-order chi connectivity index (χ1) is 9.47. The number of amides is 1. The van der Waals surface area contributed by atoms with Crippen molar-refractivity contribution >= 4 is 11.9 Å². The van der Waals surface area contributed by atoms with Crippen molar-refractivity contribution in [2.75, 3.05) is 6.54 Å². The van der Waals surface area contributed by atoms with E-state index in [1.165, 1.54) is 10.5 Å². The van der Waals surface area contributed by atoms with E-state index in [1.54, 1.807) is 6.92 Å². The number of nitrogens with zero attached hydrogens (tertiary/aromatic N) is 1. The van der Waals surface area contributed by atoms with E-state index in [0.29, 0.717) is 13.0 Å². The predicted molar refractivity (Wildman–Crippen MR) is 76.5 cm³/mol. The molecule has 108 valence electrons. The highest BCUT2D eigenvalue weighted by Crippen LogP contribution is 2.29. The average molecular weight is 275 g/mol. The van der Waals surface area contributed by atoms with Crippen molar-refractivity contribution in [3.63, 3.8) is 0 Å². The predicted octanol–water partition coefficient (Wildman–Crippen LogP) is 2.26. The van der Waals surface area contributed by atoms with E-state index >= 15 is 0 Å². The molecule has 1 heterocycles. The first kappa shape index (κ1) is 14.6. The molecule has 1 unspecified atom stereocenters. The number of rotatable bonds is 4. The molecule has 0 bridgehead atoms. The maximum Gasteiger partial charge on any atom is 0.329 e. The Balaban J connectivity index is 2.09. The first-order valence-electron chi connectivity index (χ1n) is 7.09. The Bertz CT molecular complexity index is 509. The summed E-state index contributed by atoms with van der Waals surface area (Å²) in [5, 5.41) is 9.33. The van der Waals surface area contributed by atoms with Crippen LogP contribution in [0.3, 0.4) is 0 Å². The summed E-state index contributed by atoms with van der Waals surface area (Å²) in [5.41, 5.74) is 1.13. The summed E-state index contributed by atoms with van der Waals surface area (Å²) in [6.45, 7) is 4.26. The summed E-state index contributed by atoms with van der Waals surface area (Å²) in [4.78, 5) is 25.2. The number of benzene rings is 1. The Hall–Kier alpha value is -1.84. The second-order valence-corrected chi connectivity index (χ2v) is 5.57. The van der Waals surface area contributed by atoms with Crippen LogP contribution in [-0.4, -0.2) is 34.0 Å². The Kier molecular flexibility index (Phi) is 4.12. The number of carbonyl (C=O) groups excluding carboxylic acids is 1. The Labute approximate surface area is 119 Å². The van der Waals surface area contributed by atoms with Gasteiger partial charge in [0.2, 0.25) is 5.91 Å². The van der Waals surface area contributed by atoms with E-state index in [0.717, 1.165) is 18.4 Å². The number of carbonyl (C=O) groups is 2. The molecule has 0 aliphatic carbocycles. The summed E-state index contributed by atoms with van der Waals surface area (Å²) in [7, 11) is 0. The van der Waals surface area contributed by atoms with Gasteiger partial charge in [-0.3, -0.25) is 4.79 Å². The molecular formula is C16H21NO3. The molecule has 1 N–H and O–H groups in total. The van der Waals surface area contributed by atoms with Gasteiger partial charge in [0.25, 0.3) is 0 Å². The Morgan fingerprint density at radius 2 is 1.85 bits per heavy atom. The minimum atomic E-state index is -1.04. The van der Waals surface area contributed by atoms with Crippen molar-refractivity contribution in [3.8, 4) is 0 Å². The monoisotopic (exact) mass is 275 g/mol. The van der Waals surface area contributed by atoms with Crippen LogP contribution in [0.4, 0.5) is 0 Å². The van der Waals surface area contributed by atoms with Gasteiger partial charge in [-0.25, -0.2) is 4.79 Å². The lowest BCUT2D eigenvalue weighted by Gasteiger charge is -2.31. The first-order valence-corrected chi connectivity index (χ1v) is 7.09. The van der Waals surface area contributed by atoms with Crippen LogP contribution in [0.2, 0.25) is 0 Å². The second-order valence-electron chi connectivity index (χ2n) is 5.57. The average Bonchev–Trinajstić information content (AvgIpc) is 2.83. The Morgan fingerprint density at radius 1 is 1.25 bits per heavy atom. The van der Waals surface area contributed by atoms with Gasteiger partial charge >= 0.3 is 5.97 Å². The minimum absolute atomic E-state index is 0.100. The molecule has 1 amide bonds. The molecule has 1 aromatic rings. The zero-order valence-corrected chi connectivity index (χ0v) is 12.1. The summed E-state index contributed by atoms with van der Waals surface area (Å²) < 4.78 is 0. The third-order valence-electron chi connectivity index (χ3n) is 4.19. The summed E-state index contributed by atoms with van der Waals surface area (Å²) in [5.74, 6) is -1.01. The fraction of sp³-hybridized carbons (Fsp3) is 0.500. The van der Waals surface area contributed by atoms with Crippen LogP contribution < -0.4 is 0 Å². The standard InChI is InChI=1S/C16H21NO3/c1-3-12-5-7-13(8-6-12)11-14(18)17-10-4-9-16(17,2)15(19)20/h5-8H,3-4,9-11H2,1-2H3,(H,19,20). The zero-order valence-electron chi connectivity index (χ0n) is 12.1. The SMILES string of the molecule is CCc1ccc(CC(=O)N2CCCC2(C)C(=O)O)cc1. The zero-order chi connectivity index (χ0) is 14.8. The van der Waals surface area contributed by atoms with Crippen molar-refractivity contribution in [2.24, 2.45) is 0 Å². The smallest absolute Gasteiger partial charge is 0.329 e. The van der Waals surface area contributed by atoms with Gasteiger partial charge in [0.15, 0.2) is 0 Å². The Morgan fingerprint density at radius 3 is 2.40 bits per heavy atom. The van der Waals surface area contributed by atoms with Gasteiger partial charge in [-0.05, 0) is 37.3 Å². The van der Waals surface area contributed by atoms with E-state index in [-0.39, 0.29) is 12.3 Å². The van der Waals surface area contributed by atoms with Crippen molar-refractivity contribution in [3.05, 3.63) is 35.4 Å². The van der Waals surface area contributed by atoms with E-state index in [4.69, 9.17) is 0 Å². The fourth-order valence-electron chi connectivity index (χ4n) is 2.75. The molecule has 0 radical (unpaired) electrons. The molecule has 1 fully saturated rings. The molecule has 4 nitrogen and oxygen atoms in total. The fourth-order valence-corrected chi connectivity index (χ4v) is 2.75. The third kappa shape index (κ3) is 2.69. The van der Waals surface area contributed by atoms with Crippen molar-refractivity contribution in [1.29, 1.82) is 0 Å². The van der Waals surface area contributed by atoms with Gasteiger partial charge in [-0.15, -0.1) is 0 Å². The van der Waals surface area contributed by atoms with Crippen LogP contribution in [0.1, 0.15) is 37.8 Å². The van der Waals surface area contributed by atoms with Crippen LogP contribution >= 0.6 is 0 Å². The number of aryl methyl sites for hydroxylation is 1. The molecular weight excluding hydrogens is 254 g/mol. The summed E-state index contributed by atoms with van der Waals surface area (Å²) in [6.07, 6.45) is 2.52. The van der Waals surface area contributed by atoms with E-state index in [1.807, 2.05) is 24.3 Å².